The number of nitrogens with two attached hydrogens (primary N) is 1. The molecule has 2 atom stereocenters. The highest BCUT2D eigenvalue weighted by Gasteiger charge is 2.21. The normalized spacial score (nSPS) is 14.5. The summed E-state index contributed by atoms with van der Waals surface area (Å²) in [5, 5.41) is 0. The van der Waals surface area contributed by atoms with Crippen molar-refractivity contribution in [1.82, 2.24) is 0 Å². The van der Waals surface area contributed by atoms with Gasteiger partial charge in [0.1, 0.15) is 18.8 Å². The lowest BCUT2D eigenvalue weighted by atomic mass is 9.87. The van der Waals surface area contributed by atoms with Crippen molar-refractivity contribution < 1.29 is 18.7 Å². The van der Waals surface area contributed by atoms with E-state index in [2.05, 4.69) is 0 Å². The second-order valence-corrected chi connectivity index (χ2v) is 7.22. The molecule has 4 nitrogen and oxygen atoms in total. The van der Waals surface area contributed by atoms with Crippen LogP contribution in [0.15, 0.2) is 18.2 Å². The molecule has 0 aliphatic rings. The van der Waals surface area contributed by atoms with Gasteiger partial charge in [-0.2, -0.15) is 0 Å². The molecule has 1 rings (SSSR count). The summed E-state index contributed by atoms with van der Waals surface area (Å²) in [6.07, 6.45) is -0.465. The highest BCUT2D eigenvalue weighted by molar-refractivity contribution is 5.75. The van der Waals surface area contributed by atoms with Crippen LogP contribution in [-0.4, -0.2) is 24.7 Å². The largest absolute Gasteiger partial charge is 0.484 e. The number of rotatable bonds is 6. The zero-order valence-corrected chi connectivity index (χ0v) is 14.9. The van der Waals surface area contributed by atoms with E-state index >= 15 is 0 Å². The van der Waals surface area contributed by atoms with Gasteiger partial charge in [-0.05, 0) is 36.0 Å². The van der Waals surface area contributed by atoms with E-state index in [-0.39, 0.29) is 23.7 Å². The first-order valence-corrected chi connectivity index (χ1v) is 7.91. The molecule has 0 heterocycles. The average Bonchev–Trinajstić information content (AvgIpc) is 2.44. The third-order valence-electron chi connectivity index (χ3n) is 3.58. The molecule has 0 saturated heterocycles. The van der Waals surface area contributed by atoms with E-state index in [4.69, 9.17) is 15.2 Å². The van der Waals surface area contributed by atoms with E-state index < -0.39 is 23.9 Å². The number of hydrogen-bond donors (Lipinski definition) is 1. The summed E-state index contributed by atoms with van der Waals surface area (Å²) in [4.78, 5) is 11.7. The summed E-state index contributed by atoms with van der Waals surface area (Å²) < 4.78 is 24.7. The number of esters is 1. The van der Waals surface area contributed by atoms with Crippen LogP contribution in [0.3, 0.4) is 0 Å². The van der Waals surface area contributed by atoms with Crippen LogP contribution in [0.25, 0.3) is 0 Å². The molecule has 0 aliphatic carbocycles. The number of ether oxygens (including phenoxy) is 2. The first-order chi connectivity index (χ1) is 10.5. The van der Waals surface area contributed by atoms with Gasteiger partial charge in [0.05, 0.1) is 0 Å². The van der Waals surface area contributed by atoms with Gasteiger partial charge in [-0.25, -0.2) is 4.39 Å². The molecule has 0 aromatic heterocycles. The van der Waals surface area contributed by atoms with Crippen molar-refractivity contribution >= 4 is 5.97 Å². The van der Waals surface area contributed by atoms with Gasteiger partial charge in [-0.3, -0.25) is 4.79 Å². The van der Waals surface area contributed by atoms with E-state index in [0.717, 1.165) is 5.56 Å². The molecule has 0 unspecified atom stereocenters. The molecular weight excluding hydrogens is 297 g/mol. The smallest absolute Gasteiger partial charge is 0.323 e. The molecule has 0 saturated carbocycles. The molecule has 0 bridgehead atoms. The van der Waals surface area contributed by atoms with Gasteiger partial charge in [0.2, 0.25) is 0 Å². The molecule has 0 amide bonds. The lowest BCUT2D eigenvalue weighted by molar-refractivity contribution is -0.148. The van der Waals surface area contributed by atoms with Crippen molar-refractivity contribution in [3.63, 3.8) is 0 Å². The summed E-state index contributed by atoms with van der Waals surface area (Å²) in [5.74, 6) is -0.746. The molecule has 130 valence electrons. The van der Waals surface area contributed by atoms with Crippen LogP contribution in [0.1, 0.15) is 47.1 Å². The quantitative estimate of drug-likeness (QED) is 0.814. The zero-order chi connectivity index (χ0) is 17.8. The van der Waals surface area contributed by atoms with Gasteiger partial charge in [0, 0.05) is 0 Å². The predicted octanol–water partition coefficient (Wildman–Crippen LogP) is 3.42. The highest BCUT2D eigenvalue weighted by atomic mass is 19.1. The fraction of sp³-hybridized carbons (Fsp3) is 0.611. The van der Waals surface area contributed by atoms with Crippen molar-refractivity contribution in [3.05, 3.63) is 29.6 Å². The third-order valence-corrected chi connectivity index (χ3v) is 3.58. The van der Waals surface area contributed by atoms with Gasteiger partial charge < -0.3 is 15.2 Å². The second kappa shape index (κ2) is 7.77. The van der Waals surface area contributed by atoms with Gasteiger partial charge in [0.15, 0.2) is 11.6 Å². The standard InChI is InChI=1S/C18H28FNO3/c1-11(2)16(20)17(21)22-10-12(3)23-15-8-7-13(9-14(15)19)18(4,5)6/h7-9,11-12,16H,10,20H2,1-6H3/t12-,16-/m0/s1. The van der Waals surface area contributed by atoms with Gasteiger partial charge in [-0.15, -0.1) is 0 Å². The Morgan fingerprint density at radius 2 is 1.87 bits per heavy atom. The molecule has 5 heteroatoms. The Morgan fingerprint density at radius 3 is 2.35 bits per heavy atom. The summed E-state index contributed by atoms with van der Waals surface area (Å²) >= 11 is 0. The molecule has 0 spiro atoms. The number of hydrogen-bond acceptors (Lipinski definition) is 4. The van der Waals surface area contributed by atoms with Crippen molar-refractivity contribution in [2.24, 2.45) is 11.7 Å². The molecular formula is C18H28FNO3. The van der Waals surface area contributed by atoms with Crippen molar-refractivity contribution in [2.45, 2.75) is 59.1 Å². The van der Waals surface area contributed by atoms with Crippen molar-refractivity contribution in [2.75, 3.05) is 6.61 Å². The predicted molar refractivity (Wildman–Crippen MR) is 89.0 cm³/mol. The maximum absolute atomic E-state index is 14.1. The minimum atomic E-state index is -0.662. The molecule has 1 aromatic rings. The molecule has 0 fully saturated rings. The summed E-state index contributed by atoms with van der Waals surface area (Å²) in [6, 6.07) is 4.26. The lowest BCUT2D eigenvalue weighted by Crippen LogP contribution is -2.38. The molecule has 23 heavy (non-hydrogen) atoms. The Balaban J connectivity index is 2.61. The van der Waals surface area contributed by atoms with Crippen LogP contribution >= 0.6 is 0 Å². The van der Waals surface area contributed by atoms with E-state index in [1.54, 1.807) is 13.0 Å². The minimum absolute atomic E-state index is 0.00103. The van der Waals surface area contributed by atoms with Gasteiger partial charge in [-0.1, -0.05) is 40.7 Å². The van der Waals surface area contributed by atoms with E-state index in [1.165, 1.54) is 6.07 Å². The van der Waals surface area contributed by atoms with Crippen LogP contribution in [0.5, 0.6) is 5.75 Å². The number of carbonyl (C=O) groups excluding carboxylic acids is 1. The number of benzene rings is 1. The van der Waals surface area contributed by atoms with E-state index in [0.29, 0.717) is 0 Å². The number of halogens is 1. The molecule has 0 aliphatic heterocycles. The fourth-order valence-corrected chi connectivity index (χ4v) is 1.88. The average molecular weight is 325 g/mol. The molecule has 2 N–H and O–H groups in total. The van der Waals surface area contributed by atoms with Crippen LogP contribution in [0.4, 0.5) is 4.39 Å². The van der Waals surface area contributed by atoms with E-state index in [1.807, 2.05) is 40.7 Å². The summed E-state index contributed by atoms with van der Waals surface area (Å²) in [6.45, 7) is 11.5. The zero-order valence-electron chi connectivity index (χ0n) is 14.9. The Hall–Kier alpha value is -1.62. The Morgan fingerprint density at radius 1 is 1.26 bits per heavy atom. The Bertz CT molecular complexity index is 538. The summed E-state index contributed by atoms with van der Waals surface area (Å²) in [5.41, 5.74) is 6.47. The third kappa shape index (κ3) is 5.82. The van der Waals surface area contributed by atoms with Crippen molar-refractivity contribution in [1.29, 1.82) is 0 Å². The first-order valence-electron chi connectivity index (χ1n) is 7.91. The van der Waals surface area contributed by atoms with Crippen LogP contribution in [0, 0.1) is 11.7 Å². The minimum Gasteiger partial charge on any atom is -0.484 e. The SMILES string of the molecule is CC(C)[C@H](N)C(=O)OC[C@H](C)Oc1ccc(C(C)(C)C)cc1F. The fourth-order valence-electron chi connectivity index (χ4n) is 1.88. The lowest BCUT2D eigenvalue weighted by Gasteiger charge is -2.21. The van der Waals surface area contributed by atoms with E-state index in [9.17, 15) is 9.18 Å². The maximum Gasteiger partial charge on any atom is 0.323 e. The second-order valence-electron chi connectivity index (χ2n) is 7.22. The van der Waals surface area contributed by atoms with Crippen LogP contribution in [0.2, 0.25) is 0 Å². The topological polar surface area (TPSA) is 61.6 Å². The maximum atomic E-state index is 14.1. The Kier molecular flexibility index (Phi) is 6.57. The van der Waals surface area contributed by atoms with Crippen LogP contribution < -0.4 is 10.5 Å². The monoisotopic (exact) mass is 325 g/mol. The van der Waals surface area contributed by atoms with Crippen molar-refractivity contribution in [3.8, 4) is 5.75 Å². The first kappa shape index (κ1) is 19.4. The summed E-state index contributed by atoms with van der Waals surface area (Å²) in [7, 11) is 0. The molecule has 0 radical (unpaired) electrons. The van der Waals surface area contributed by atoms with Crippen LogP contribution in [-0.2, 0) is 14.9 Å². The Labute approximate surface area is 138 Å². The number of carbonyl (C=O) groups is 1. The van der Waals surface area contributed by atoms with Gasteiger partial charge in [0.25, 0.3) is 0 Å². The molecule has 1 aromatic carbocycles. The highest BCUT2D eigenvalue weighted by Crippen LogP contribution is 2.27. The van der Waals surface area contributed by atoms with Gasteiger partial charge >= 0.3 is 5.97 Å².